The number of halogens is 1. The molecule has 0 saturated carbocycles. The van der Waals surface area contributed by atoms with Crippen LogP contribution in [0, 0.1) is 12.7 Å². The third-order valence-electron chi connectivity index (χ3n) is 5.16. The number of hydrogen-bond donors (Lipinski definition) is 1. The molecule has 1 N–H and O–H groups in total. The molecule has 152 valence electrons. The van der Waals surface area contributed by atoms with Crippen molar-refractivity contribution in [2.45, 2.75) is 18.4 Å². The van der Waals surface area contributed by atoms with Crippen LogP contribution in [0.5, 0.6) is 11.5 Å². The maximum Gasteiger partial charge on any atom is 0.243 e. The summed E-state index contributed by atoms with van der Waals surface area (Å²) in [5.74, 6) is 0.951. The summed E-state index contributed by atoms with van der Waals surface area (Å²) in [6, 6.07) is 8.93. The predicted molar refractivity (Wildman–Crippen MR) is 104 cm³/mol. The van der Waals surface area contributed by atoms with E-state index in [-0.39, 0.29) is 4.90 Å². The summed E-state index contributed by atoms with van der Waals surface area (Å²) in [6.07, 6.45) is 0. The van der Waals surface area contributed by atoms with Gasteiger partial charge >= 0.3 is 0 Å². The molecule has 2 aromatic rings. The molecule has 0 radical (unpaired) electrons. The summed E-state index contributed by atoms with van der Waals surface area (Å²) in [7, 11) is -0.358. The number of nitrogens with one attached hydrogen (secondary N) is 1. The number of sulfonamides is 1. The Morgan fingerprint density at radius 3 is 2.18 bits per heavy atom. The molecule has 0 spiro atoms. The first kappa shape index (κ1) is 20.6. The van der Waals surface area contributed by atoms with Gasteiger partial charge in [0.15, 0.2) is 11.5 Å². The van der Waals surface area contributed by atoms with Crippen molar-refractivity contribution in [3.05, 3.63) is 53.3 Å². The van der Waals surface area contributed by atoms with Crippen LogP contribution in [0.4, 0.5) is 4.39 Å². The summed E-state index contributed by atoms with van der Waals surface area (Å²) in [6.45, 7) is 5.09. The number of methoxy groups -OCH3 is 2. The second kappa shape index (κ2) is 8.46. The molecule has 2 aromatic carbocycles. The van der Waals surface area contributed by atoms with Gasteiger partial charge in [-0.15, -0.1) is 0 Å². The Labute approximate surface area is 165 Å². The van der Waals surface area contributed by atoms with E-state index in [0.717, 1.165) is 17.7 Å². The zero-order valence-corrected chi connectivity index (χ0v) is 17.2. The Morgan fingerprint density at radius 1 is 1.04 bits per heavy atom. The van der Waals surface area contributed by atoms with Gasteiger partial charge in [0.1, 0.15) is 12.4 Å². The Hall–Kier alpha value is -2.16. The molecule has 1 aliphatic heterocycles. The number of quaternary nitrogens is 1. The predicted octanol–water partition coefficient (Wildman–Crippen LogP) is 1.24. The first-order valence-electron chi connectivity index (χ1n) is 9.16. The van der Waals surface area contributed by atoms with Crippen molar-refractivity contribution in [1.82, 2.24) is 4.31 Å². The fourth-order valence-corrected chi connectivity index (χ4v) is 4.90. The van der Waals surface area contributed by atoms with Gasteiger partial charge in [-0.25, -0.2) is 12.8 Å². The molecule has 0 unspecified atom stereocenters. The molecule has 0 amide bonds. The lowest BCUT2D eigenvalue weighted by Gasteiger charge is -2.32. The van der Waals surface area contributed by atoms with Crippen LogP contribution in [0.15, 0.2) is 41.3 Å². The van der Waals surface area contributed by atoms with Gasteiger partial charge in [0.2, 0.25) is 10.0 Å². The first-order chi connectivity index (χ1) is 13.3. The smallest absolute Gasteiger partial charge is 0.243 e. The molecular weight excluding hydrogens is 383 g/mol. The minimum absolute atomic E-state index is 0.132. The quantitative estimate of drug-likeness (QED) is 0.780. The molecular formula is C20H26FN2O4S+. The fraction of sp³-hybridized carbons (Fsp3) is 0.400. The normalized spacial score (nSPS) is 16.1. The molecule has 1 saturated heterocycles. The van der Waals surface area contributed by atoms with Crippen molar-refractivity contribution in [2.24, 2.45) is 0 Å². The van der Waals surface area contributed by atoms with Crippen molar-refractivity contribution in [1.29, 1.82) is 0 Å². The number of rotatable bonds is 6. The second-order valence-corrected chi connectivity index (χ2v) is 8.86. The molecule has 0 aliphatic carbocycles. The summed E-state index contributed by atoms with van der Waals surface area (Å²) in [5, 5.41) is 0. The van der Waals surface area contributed by atoms with Crippen LogP contribution in [-0.2, 0) is 16.6 Å². The number of aryl methyl sites for hydroxylation is 1. The van der Waals surface area contributed by atoms with Crippen LogP contribution >= 0.6 is 0 Å². The Bertz CT molecular complexity index is 924. The van der Waals surface area contributed by atoms with Crippen molar-refractivity contribution < 1.29 is 27.2 Å². The van der Waals surface area contributed by atoms with Crippen molar-refractivity contribution in [3.63, 3.8) is 0 Å². The van der Waals surface area contributed by atoms with Gasteiger partial charge in [0.25, 0.3) is 0 Å². The van der Waals surface area contributed by atoms with Gasteiger partial charge in [0, 0.05) is 5.56 Å². The second-order valence-electron chi connectivity index (χ2n) is 6.92. The van der Waals surface area contributed by atoms with Crippen LogP contribution in [0.1, 0.15) is 11.1 Å². The molecule has 6 nitrogen and oxygen atoms in total. The Balaban J connectivity index is 1.67. The van der Waals surface area contributed by atoms with Gasteiger partial charge in [-0.2, -0.15) is 4.31 Å². The van der Waals surface area contributed by atoms with E-state index in [4.69, 9.17) is 9.47 Å². The van der Waals surface area contributed by atoms with E-state index < -0.39 is 15.8 Å². The van der Waals surface area contributed by atoms with Crippen LogP contribution in [0.25, 0.3) is 0 Å². The maximum atomic E-state index is 13.1. The number of benzene rings is 2. The average Bonchev–Trinajstić information content (AvgIpc) is 2.70. The highest BCUT2D eigenvalue weighted by molar-refractivity contribution is 7.89. The summed E-state index contributed by atoms with van der Waals surface area (Å²) >= 11 is 0. The van der Waals surface area contributed by atoms with Crippen LogP contribution in [0.2, 0.25) is 0 Å². The largest absolute Gasteiger partial charge is 0.493 e. The SMILES string of the molecule is COc1cc(C)c(C[NH+]2CCN(S(=O)(=O)c3ccc(F)cc3)CC2)cc1OC. The topological polar surface area (TPSA) is 60.3 Å². The molecule has 3 rings (SSSR count). The van der Waals surface area contributed by atoms with E-state index in [2.05, 4.69) is 0 Å². The highest BCUT2D eigenvalue weighted by Crippen LogP contribution is 2.30. The fourth-order valence-electron chi connectivity index (χ4n) is 3.46. The van der Waals surface area contributed by atoms with E-state index in [0.29, 0.717) is 37.7 Å². The highest BCUT2D eigenvalue weighted by atomic mass is 32.2. The van der Waals surface area contributed by atoms with Crippen molar-refractivity contribution in [3.8, 4) is 11.5 Å². The van der Waals surface area contributed by atoms with Crippen LogP contribution < -0.4 is 14.4 Å². The van der Waals surface area contributed by atoms with Crippen LogP contribution in [-0.4, -0.2) is 53.1 Å². The van der Waals surface area contributed by atoms with Gasteiger partial charge in [-0.1, -0.05) is 0 Å². The zero-order valence-electron chi connectivity index (χ0n) is 16.4. The number of piperazine rings is 1. The van der Waals surface area contributed by atoms with E-state index in [9.17, 15) is 12.8 Å². The van der Waals surface area contributed by atoms with Gasteiger partial charge in [-0.3, -0.25) is 0 Å². The summed E-state index contributed by atoms with van der Waals surface area (Å²) in [5.41, 5.74) is 2.27. The van der Waals surface area contributed by atoms with Crippen LogP contribution in [0.3, 0.4) is 0 Å². The summed E-state index contributed by atoms with van der Waals surface area (Å²) in [4.78, 5) is 1.44. The lowest BCUT2D eigenvalue weighted by Crippen LogP contribution is -3.13. The number of ether oxygens (including phenoxy) is 2. The van der Waals surface area contributed by atoms with E-state index >= 15 is 0 Å². The molecule has 28 heavy (non-hydrogen) atoms. The monoisotopic (exact) mass is 409 g/mol. The number of hydrogen-bond acceptors (Lipinski definition) is 4. The van der Waals surface area contributed by atoms with Gasteiger partial charge in [0.05, 0.1) is 45.3 Å². The average molecular weight is 410 g/mol. The molecule has 1 heterocycles. The lowest BCUT2D eigenvalue weighted by molar-refractivity contribution is -0.917. The lowest BCUT2D eigenvalue weighted by atomic mass is 10.1. The molecule has 1 aliphatic rings. The van der Waals surface area contributed by atoms with Gasteiger partial charge in [-0.05, 0) is 48.9 Å². The molecule has 1 fully saturated rings. The zero-order chi connectivity index (χ0) is 20.3. The molecule has 0 aromatic heterocycles. The van der Waals surface area contributed by atoms with Gasteiger partial charge < -0.3 is 14.4 Å². The highest BCUT2D eigenvalue weighted by Gasteiger charge is 2.30. The minimum Gasteiger partial charge on any atom is -0.493 e. The van der Waals surface area contributed by atoms with E-state index in [1.165, 1.54) is 33.5 Å². The molecule has 0 atom stereocenters. The summed E-state index contributed by atoms with van der Waals surface area (Å²) < 4.78 is 50.8. The first-order valence-corrected chi connectivity index (χ1v) is 10.6. The van der Waals surface area contributed by atoms with Crippen molar-refractivity contribution >= 4 is 10.0 Å². The number of nitrogens with zero attached hydrogens (tertiary/aromatic N) is 1. The third-order valence-corrected chi connectivity index (χ3v) is 7.08. The van der Waals surface area contributed by atoms with E-state index in [1.54, 1.807) is 14.2 Å². The molecule has 8 heteroatoms. The minimum atomic E-state index is -3.59. The third kappa shape index (κ3) is 4.29. The molecule has 0 bridgehead atoms. The maximum absolute atomic E-state index is 13.1. The van der Waals surface area contributed by atoms with E-state index in [1.807, 2.05) is 19.1 Å². The Kier molecular flexibility index (Phi) is 6.22. The Morgan fingerprint density at radius 2 is 1.61 bits per heavy atom. The van der Waals surface area contributed by atoms with Crippen molar-refractivity contribution in [2.75, 3.05) is 40.4 Å². The standard InChI is InChI=1S/C20H25FN2O4S/c1-15-12-19(26-2)20(27-3)13-16(15)14-22-8-10-23(11-9-22)28(24,25)18-6-4-17(21)5-7-18/h4-7,12-13H,8-11,14H2,1-3H3/p+1.